The Morgan fingerprint density at radius 2 is 1.76 bits per heavy atom. The summed E-state index contributed by atoms with van der Waals surface area (Å²) in [6.45, 7) is 1.74. The van der Waals surface area contributed by atoms with Crippen LogP contribution in [0, 0.1) is 0 Å². The molecule has 0 radical (unpaired) electrons. The minimum Gasteiger partial charge on any atom is -0.481 e. The fraction of sp³-hybridized carbons (Fsp3) is 0.636. The molecule has 21 heavy (non-hydrogen) atoms. The maximum atomic E-state index is 11.7. The first-order valence-electron chi connectivity index (χ1n) is 5.84. The molecule has 0 rings (SSSR count). The summed E-state index contributed by atoms with van der Waals surface area (Å²) >= 11 is 1.14. The lowest BCUT2D eigenvalue weighted by Gasteiger charge is -2.23. The van der Waals surface area contributed by atoms with E-state index in [1.54, 1.807) is 6.92 Å². The van der Waals surface area contributed by atoms with Gasteiger partial charge in [-0.05, 0) is 5.75 Å². The molecule has 0 heterocycles. The third kappa shape index (κ3) is 6.00. The molecule has 10 heteroatoms. The minimum absolute atomic E-state index is 0.119. The lowest BCUT2D eigenvalue weighted by Crippen LogP contribution is -2.50. The molecule has 0 aromatic rings. The van der Waals surface area contributed by atoms with E-state index in [0.717, 1.165) is 11.8 Å². The number of hydrogen-bond donors (Lipinski definition) is 4. The smallest absolute Gasteiger partial charge is 0.350 e. The largest absolute Gasteiger partial charge is 0.481 e. The Morgan fingerprint density at radius 1 is 1.19 bits per heavy atom. The Kier molecular flexibility index (Phi) is 7.74. The van der Waals surface area contributed by atoms with Gasteiger partial charge in [-0.15, -0.1) is 0 Å². The van der Waals surface area contributed by atoms with Gasteiger partial charge in [-0.25, -0.2) is 14.4 Å². The number of carbonyl (C=O) groups excluding carboxylic acids is 1. The molecule has 2 unspecified atom stereocenters. The van der Waals surface area contributed by atoms with Gasteiger partial charge in [0.05, 0.1) is 0 Å². The highest BCUT2D eigenvalue weighted by atomic mass is 32.2. The number of aliphatic carboxylic acids is 3. The zero-order chi connectivity index (χ0) is 16.6. The summed E-state index contributed by atoms with van der Waals surface area (Å²) < 4.78 is 4.49. The zero-order valence-electron chi connectivity index (χ0n) is 11.1. The molecule has 120 valence electrons. The second-order valence-corrected chi connectivity index (χ2v) is 5.27. The number of aliphatic hydroxyl groups is 1. The summed E-state index contributed by atoms with van der Waals surface area (Å²) in [4.78, 5) is 43.9. The fourth-order valence-electron chi connectivity index (χ4n) is 1.19. The summed E-state index contributed by atoms with van der Waals surface area (Å²) in [6, 6.07) is 0. The standard InChI is InChI=1S/C11H16O9S/c1-2-21-5-6(8(14)15)20-10(18)11(19,9(16)17)4-3-7(12)13/h6,19H,2-5H2,1H3,(H,12,13)(H,14,15)(H,16,17). The SMILES string of the molecule is CCSCC(OC(=O)C(O)(CCC(=O)O)C(=O)O)C(=O)O. The van der Waals surface area contributed by atoms with E-state index in [2.05, 4.69) is 4.74 Å². The first-order valence-corrected chi connectivity index (χ1v) is 6.99. The van der Waals surface area contributed by atoms with E-state index in [0.29, 0.717) is 5.75 Å². The molecule has 0 aromatic carbocycles. The van der Waals surface area contributed by atoms with E-state index >= 15 is 0 Å². The highest BCUT2D eigenvalue weighted by Crippen LogP contribution is 2.18. The van der Waals surface area contributed by atoms with Crippen LogP contribution in [0.25, 0.3) is 0 Å². The van der Waals surface area contributed by atoms with Crippen molar-refractivity contribution in [2.45, 2.75) is 31.5 Å². The number of carboxylic acid groups (broad SMARTS) is 3. The second kappa shape index (κ2) is 8.47. The summed E-state index contributed by atoms with van der Waals surface area (Å²) in [5.41, 5.74) is -3.09. The zero-order valence-corrected chi connectivity index (χ0v) is 12.0. The van der Waals surface area contributed by atoms with Crippen LogP contribution in [0.4, 0.5) is 0 Å². The predicted octanol–water partition coefficient (Wildman–Crippen LogP) is -0.584. The van der Waals surface area contributed by atoms with Crippen LogP contribution < -0.4 is 0 Å². The Hall–Kier alpha value is -1.81. The topological polar surface area (TPSA) is 158 Å². The van der Waals surface area contributed by atoms with E-state index in [4.69, 9.17) is 15.3 Å². The van der Waals surface area contributed by atoms with Crippen LogP contribution in [0.15, 0.2) is 0 Å². The van der Waals surface area contributed by atoms with Gasteiger partial charge in [0.25, 0.3) is 5.60 Å². The molecule has 0 aliphatic carbocycles. The van der Waals surface area contributed by atoms with Crippen LogP contribution in [-0.2, 0) is 23.9 Å². The molecule has 0 aliphatic heterocycles. The minimum atomic E-state index is -3.09. The summed E-state index contributed by atoms with van der Waals surface area (Å²) in [5.74, 6) is -6.18. The molecule has 0 bridgehead atoms. The second-order valence-electron chi connectivity index (χ2n) is 3.95. The molecule has 0 fully saturated rings. The molecule has 9 nitrogen and oxygen atoms in total. The maximum absolute atomic E-state index is 11.7. The number of carboxylic acids is 3. The molecule has 0 saturated carbocycles. The highest BCUT2D eigenvalue weighted by molar-refractivity contribution is 7.99. The average molecular weight is 324 g/mol. The quantitative estimate of drug-likeness (QED) is 0.302. The van der Waals surface area contributed by atoms with Crippen molar-refractivity contribution >= 4 is 35.6 Å². The molecule has 0 aliphatic rings. The van der Waals surface area contributed by atoms with Crippen molar-refractivity contribution in [3.63, 3.8) is 0 Å². The number of rotatable bonds is 10. The number of hydrogen-bond acceptors (Lipinski definition) is 7. The van der Waals surface area contributed by atoms with Crippen molar-refractivity contribution in [3.05, 3.63) is 0 Å². The number of ether oxygens (including phenoxy) is 1. The van der Waals surface area contributed by atoms with Crippen molar-refractivity contribution in [3.8, 4) is 0 Å². The fourth-order valence-corrected chi connectivity index (χ4v) is 1.85. The van der Waals surface area contributed by atoms with Gasteiger partial charge in [0, 0.05) is 18.6 Å². The van der Waals surface area contributed by atoms with Crippen LogP contribution in [0.3, 0.4) is 0 Å². The van der Waals surface area contributed by atoms with E-state index in [9.17, 15) is 24.3 Å². The molecule has 4 N–H and O–H groups in total. The third-order valence-corrected chi connectivity index (χ3v) is 3.34. The van der Waals surface area contributed by atoms with Crippen molar-refractivity contribution in [1.82, 2.24) is 0 Å². The first kappa shape index (κ1) is 19.2. The lowest BCUT2D eigenvalue weighted by atomic mass is 9.98. The van der Waals surface area contributed by atoms with Crippen molar-refractivity contribution in [1.29, 1.82) is 0 Å². The number of thioether (sulfide) groups is 1. The van der Waals surface area contributed by atoms with Crippen molar-refractivity contribution in [2.75, 3.05) is 11.5 Å². The Morgan fingerprint density at radius 3 is 2.14 bits per heavy atom. The van der Waals surface area contributed by atoms with Crippen molar-refractivity contribution < 1.29 is 44.3 Å². The molecule has 0 spiro atoms. The average Bonchev–Trinajstić information content (AvgIpc) is 2.39. The molecular weight excluding hydrogens is 308 g/mol. The maximum Gasteiger partial charge on any atom is 0.350 e. The first-order chi connectivity index (χ1) is 9.65. The van der Waals surface area contributed by atoms with Crippen LogP contribution >= 0.6 is 11.8 Å². The van der Waals surface area contributed by atoms with Crippen LogP contribution in [0.1, 0.15) is 19.8 Å². The van der Waals surface area contributed by atoms with Crippen molar-refractivity contribution in [2.24, 2.45) is 0 Å². The third-order valence-electron chi connectivity index (χ3n) is 2.39. The van der Waals surface area contributed by atoms with Gasteiger partial charge >= 0.3 is 23.9 Å². The summed E-state index contributed by atoms with van der Waals surface area (Å²) in [7, 11) is 0. The molecule has 2 atom stereocenters. The highest BCUT2D eigenvalue weighted by Gasteiger charge is 2.47. The monoisotopic (exact) mass is 324 g/mol. The summed E-state index contributed by atoms with van der Waals surface area (Å²) in [5, 5.41) is 35.9. The summed E-state index contributed by atoms with van der Waals surface area (Å²) in [6.07, 6.45) is -3.35. The van der Waals surface area contributed by atoms with E-state index < -0.39 is 48.4 Å². The van der Waals surface area contributed by atoms with E-state index in [1.165, 1.54) is 0 Å². The van der Waals surface area contributed by atoms with Gasteiger partial charge in [-0.3, -0.25) is 4.79 Å². The molecule has 0 amide bonds. The molecule has 0 saturated heterocycles. The predicted molar refractivity (Wildman–Crippen MR) is 70.0 cm³/mol. The van der Waals surface area contributed by atoms with Gasteiger partial charge in [-0.2, -0.15) is 11.8 Å². The van der Waals surface area contributed by atoms with Gasteiger partial charge in [0.1, 0.15) is 0 Å². The number of carbonyl (C=O) groups is 4. The van der Waals surface area contributed by atoms with Crippen LogP contribution in [-0.4, -0.2) is 67.5 Å². The molecule has 0 aromatic heterocycles. The van der Waals surface area contributed by atoms with Gasteiger partial charge in [0.15, 0.2) is 0 Å². The van der Waals surface area contributed by atoms with Gasteiger partial charge in [0.2, 0.25) is 6.10 Å². The normalized spacial score (nSPS) is 14.8. The number of esters is 1. The Balaban J connectivity index is 4.98. The van der Waals surface area contributed by atoms with Gasteiger partial charge in [-0.1, -0.05) is 6.92 Å². The van der Waals surface area contributed by atoms with E-state index in [1.807, 2.05) is 0 Å². The van der Waals surface area contributed by atoms with E-state index in [-0.39, 0.29) is 5.75 Å². The Labute approximate surface area is 123 Å². The lowest BCUT2D eigenvalue weighted by molar-refractivity contribution is -0.187. The van der Waals surface area contributed by atoms with Crippen LogP contribution in [0.2, 0.25) is 0 Å². The van der Waals surface area contributed by atoms with Crippen LogP contribution in [0.5, 0.6) is 0 Å². The van der Waals surface area contributed by atoms with Gasteiger partial charge < -0.3 is 25.2 Å². The Bertz CT molecular complexity index is 422. The molecular formula is C11H16O9S.